The van der Waals surface area contributed by atoms with Gasteiger partial charge in [-0.25, -0.2) is 19.3 Å². The van der Waals surface area contributed by atoms with Gasteiger partial charge >= 0.3 is 0 Å². The minimum absolute atomic E-state index is 0.228. The molecule has 1 aliphatic heterocycles. The number of halogens is 1. The van der Waals surface area contributed by atoms with Crippen molar-refractivity contribution in [2.75, 3.05) is 23.3 Å². The fourth-order valence-corrected chi connectivity index (χ4v) is 3.13. The van der Waals surface area contributed by atoms with Gasteiger partial charge in [-0.1, -0.05) is 19.9 Å². The predicted octanol–water partition coefficient (Wildman–Crippen LogP) is 3.60. The lowest BCUT2D eigenvalue weighted by Crippen LogP contribution is -2.35. The molecule has 2 aromatic heterocycles. The van der Waals surface area contributed by atoms with Crippen molar-refractivity contribution in [1.82, 2.24) is 19.9 Å². The third-order valence-corrected chi connectivity index (χ3v) is 4.22. The maximum Gasteiger partial charge on any atom is 0.182 e. The molecule has 0 spiro atoms. The van der Waals surface area contributed by atoms with Crippen molar-refractivity contribution in [2.24, 2.45) is 0 Å². The minimum Gasteiger partial charge on any atom is -0.383 e. The molecule has 1 saturated heterocycles. The molecule has 0 aliphatic carbocycles. The third kappa shape index (κ3) is 3.70. The van der Waals surface area contributed by atoms with E-state index in [0.717, 1.165) is 43.0 Å². The molecule has 0 radical (unpaired) electrons. The zero-order chi connectivity index (χ0) is 17.6. The molecule has 1 atom stereocenters. The largest absolute Gasteiger partial charge is 0.383 e. The topological polar surface area (TPSA) is 69.7 Å². The van der Waals surface area contributed by atoms with Gasteiger partial charge in [-0.2, -0.15) is 0 Å². The van der Waals surface area contributed by atoms with Crippen molar-refractivity contribution >= 4 is 22.7 Å². The number of rotatable bonds is 4. The van der Waals surface area contributed by atoms with Crippen LogP contribution in [0.5, 0.6) is 0 Å². The van der Waals surface area contributed by atoms with Crippen LogP contribution in [0, 0.1) is 5.82 Å². The fourth-order valence-electron chi connectivity index (χ4n) is 3.13. The lowest BCUT2D eigenvalue weighted by Gasteiger charge is -2.26. The van der Waals surface area contributed by atoms with Gasteiger partial charge in [-0.3, -0.25) is 0 Å². The minimum atomic E-state index is -0.228. The number of fused-ring (bicyclic) bond motifs is 1. The zero-order valence-corrected chi connectivity index (χ0v) is 14.5. The highest BCUT2D eigenvalue weighted by Crippen LogP contribution is 2.28. The van der Waals surface area contributed by atoms with Crippen LogP contribution in [0.15, 0.2) is 36.9 Å². The molecule has 0 saturated carbocycles. The summed E-state index contributed by atoms with van der Waals surface area (Å²) in [4.78, 5) is 18.2. The number of anilines is 2. The molecule has 1 aromatic carbocycles. The van der Waals surface area contributed by atoms with E-state index in [1.807, 2.05) is 19.9 Å². The Morgan fingerprint density at radius 2 is 2.16 bits per heavy atom. The van der Waals surface area contributed by atoms with Crippen LogP contribution in [0.3, 0.4) is 0 Å². The van der Waals surface area contributed by atoms with Crippen LogP contribution in [0.4, 0.5) is 15.9 Å². The highest BCUT2D eigenvalue weighted by Gasteiger charge is 2.27. The molecule has 3 aromatic rings. The average molecular weight is 342 g/mol. The Morgan fingerprint density at radius 1 is 1.28 bits per heavy atom. The Morgan fingerprint density at radius 3 is 3.00 bits per heavy atom. The predicted molar refractivity (Wildman–Crippen MR) is 98.3 cm³/mol. The first-order valence-corrected chi connectivity index (χ1v) is 8.71. The van der Waals surface area contributed by atoms with Crippen molar-refractivity contribution < 1.29 is 4.39 Å². The summed E-state index contributed by atoms with van der Waals surface area (Å²) in [5, 5.41) is 3.32. The van der Waals surface area contributed by atoms with Gasteiger partial charge in [-0.05, 0) is 31.0 Å². The van der Waals surface area contributed by atoms with Crippen molar-refractivity contribution in [2.45, 2.75) is 32.7 Å². The lowest BCUT2D eigenvalue weighted by molar-refractivity contribution is 0.627. The number of hydrogen-bond acceptors (Lipinski definition) is 5. The Labute approximate surface area is 146 Å². The van der Waals surface area contributed by atoms with Crippen molar-refractivity contribution in [3.8, 4) is 0 Å². The SMILES string of the molecule is CC.Fc1cccc(NCC2CCCN2c2ncnc3nc[nH]c23)c1. The van der Waals surface area contributed by atoms with Gasteiger partial charge in [0, 0.05) is 24.8 Å². The number of nitrogens with zero attached hydrogens (tertiary/aromatic N) is 4. The second kappa shape index (κ2) is 7.92. The molecule has 1 aliphatic rings. The molecule has 25 heavy (non-hydrogen) atoms. The van der Waals surface area contributed by atoms with E-state index in [1.165, 1.54) is 12.1 Å². The second-order valence-electron chi connectivity index (χ2n) is 5.68. The smallest absolute Gasteiger partial charge is 0.182 e. The maximum atomic E-state index is 13.3. The third-order valence-electron chi connectivity index (χ3n) is 4.22. The van der Waals surface area contributed by atoms with Gasteiger partial charge in [0.2, 0.25) is 0 Å². The summed E-state index contributed by atoms with van der Waals surface area (Å²) in [7, 11) is 0. The summed E-state index contributed by atoms with van der Waals surface area (Å²) >= 11 is 0. The van der Waals surface area contributed by atoms with E-state index in [-0.39, 0.29) is 5.82 Å². The van der Waals surface area contributed by atoms with Gasteiger partial charge < -0.3 is 15.2 Å². The summed E-state index contributed by atoms with van der Waals surface area (Å²) in [6.45, 7) is 5.68. The van der Waals surface area contributed by atoms with E-state index in [0.29, 0.717) is 11.7 Å². The van der Waals surface area contributed by atoms with Crippen molar-refractivity contribution in [3.05, 3.63) is 42.7 Å². The van der Waals surface area contributed by atoms with Gasteiger partial charge in [0.05, 0.1) is 6.33 Å². The van der Waals surface area contributed by atoms with Crippen molar-refractivity contribution in [3.63, 3.8) is 0 Å². The maximum absolute atomic E-state index is 13.3. The van der Waals surface area contributed by atoms with Crippen LogP contribution in [-0.4, -0.2) is 39.1 Å². The van der Waals surface area contributed by atoms with Gasteiger partial charge in [-0.15, -0.1) is 0 Å². The number of nitrogens with one attached hydrogen (secondary N) is 2. The van der Waals surface area contributed by atoms with Crippen LogP contribution in [0.2, 0.25) is 0 Å². The summed E-state index contributed by atoms with van der Waals surface area (Å²) in [6, 6.07) is 6.85. The fraction of sp³-hybridized carbons (Fsp3) is 0.389. The standard InChI is InChI=1S/C16H17FN6.C2H6/c17-11-3-1-4-12(7-11)18-8-13-5-2-6-23(13)16-14-15(20-9-19-14)21-10-22-16;1-2/h1,3-4,7,9-10,13,18H,2,5-6,8H2,(H,19,20,21,22);1-2H3. The van der Waals surface area contributed by atoms with E-state index in [1.54, 1.807) is 18.7 Å². The number of imidazole rings is 1. The molecular weight excluding hydrogens is 319 g/mol. The van der Waals surface area contributed by atoms with E-state index in [2.05, 4.69) is 30.2 Å². The second-order valence-corrected chi connectivity index (χ2v) is 5.68. The van der Waals surface area contributed by atoms with Gasteiger partial charge in [0.25, 0.3) is 0 Å². The van der Waals surface area contributed by atoms with E-state index in [4.69, 9.17) is 0 Å². The summed E-state index contributed by atoms with van der Waals surface area (Å²) < 4.78 is 13.3. The Bertz CT molecular complexity index is 818. The first kappa shape index (κ1) is 17.1. The Balaban J connectivity index is 0.000000880. The highest BCUT2D eigenvalue weighted by atomic mass is 19.1. The lowest BCUT2D eigenvalue weighted by atomic mass is 10.2. The summed E-state index contributed by atoms with van der Waals surface area (Å²) in [6.07, 6.45) is 5.36. The molecular formula is C18H23FN6. The normalized spacial score (nSPS) is 16.6. The molecule has 4 rings (SSSR count). The van der Waals surface area contributed by atoms with Crippen molar-refractivity contribution in [1.29, 1.82) is 0 Å². The average Bonchev–Trinajstić information content (AvgIpc) is 3.30. The molecule has 1 unspecified atom stereocenters. The number of hydrogen-bond donors (Lipinski definition) is 2. The van der Waals surface area contributed by atoms with E-state index in [9.17, 15) is 4.39 Å². The number of benzene rings is 1. The molecule has 6 nitrogen and oxygen atoms in total. The highest BCUT2D eigenvalue weighted by molar-refractivity contribution is 5.83. The van der Waals surface area contributed by atoms with Crippen LogP contribution in [0.1, 0.15) is 26.7 Å². The molecule has 132 valence electrons. The Kier molecular flexibility index (Phi) is 5.42. The van der Waals surface area contributed by atoms with Crippen LogP contribution in [0.25, 0.3) is 11.2 Å². The van der Waals surface area contributed by atoms with Gasteiger partial charge in [0.1, 0.15) is 17.7 Å². The quantitative estimate of drug-likeness (QED) is 0.758. The van der Waals surface area contributed by atoms with Gasteiger partial charge in [0.15, 0.2) is 11.5 Å². The van der Waals surface area contributed by atoms with Crippen LogP contribution in [-0.2, 0) is 0 Å². The van der Waals surface area contributed by atoms with Crippen LogP contribution < -0.4 is 10.2 Å². The summed E-state index contributed by atoms with van der Waals surface area (Å²) in [5.41, 5.74) is 2.34. The Hall–Kier alpha value is -2.70. The number of aromatic nitrogens is 4. The molecule has 1 fully saturated rings. The summed E-state index contributed by atoms with van der Waals surface area (Å²) in [5.74, 6) is 0.657. The zero-order valence-electron chi connectivity index (χ0n) is 14.5. The molecule has 0 amide bonds. The monoisotopic (exact) mass is 342 g/mol. The first-order chi connectivity index (χ1) is 12.3. The first-order valence-electron chi connectivity index (χ1n) is 8.71. The van der Waals surface area contributed by atoms with E-state index >= 15 is 0 Å². The molecule has 3 heterocycles. The van der Waals surface area contributed by atoms with Crippen LogP contribution >= 0.6 is 0 Å². The van der Waals surface area contributed by atoms with E-state index < -0.39 is 0 Å². The number of aromatic amines is 1. The molecule has 2 N–H and O–H groups in total. The number of H-pyrrole nitrogens is 1. The molecule has 7 heteroatoms. The molecule has 0 bridgehead atoms.